The molecule has 538 valence electrons. The summed E-state index contributed by atoms with van der Waals surface area (Å²) in [7, 11) is 0. The molecule has 0 aliphatic carbocycles. The molecule has 1 amide bonds. The molecular formula is C85H163NO5. The van der Waals surface area contributed by atoms with Crippen LogP contribution < -0.4 is 5.32 Å². The van der Waals surface area contributed by atoms with Gasteiger partial charge in [-0.05, 0) is 83.5 Å². The van der Waals surface area contributed by atoms with E-state index < -0.39 is 12.1 Å². The Hall–Kier alpha value is -1.92. The number of ether oxygens (including phenoxy) is 1. The van der Waals surface area contributed by atoms with Crippen LogP contribution in [0.25, 0.3) is 0 Å². The summed E-state index contributed by atoms with van der Waals surface area (Å²) in [4.78, 5) is 24.7. The quantitative estimate of drug-likeness (QED) is 0.0320. The fourth-order valence-electron chi connectivity index (χ4n) is 13.3. The average Bonchev–Trinajstić information content (AvgIpc) is 3.58. The molecule has 0 aliphatic heterocycles. The van der Waals surface area contributed by atoms with Gasteiger partial charge >= 0.3 is 5.97 Å². The molecule has 0 aromatic rings. The van der Waals surface area contributed by atoms with Crippen LogP contribution in [0.1, 0.15) is 470 Å². The molecule has 2 atom stereocenters. The van der Waals surface area contributed by atoms with Crippen LogP contribution in [0.2, 0.25) is 0 Å². The number of hydrogen-bond acceptors (Lipinski definition) is 5. The van der Waals surface area contributed by atoms with Gasteiger partial charge in [0, 0.05) is 12.8 Å². The summed E-state index contributed by atoms with van der Waals surface area (Å²) in [6, 6.07) is -0.542. The smallest absolute Gasteiger partial charge is 0.305 e. The summed E-state index contributed by atoms with van der Waals surface area (Å²) in [5.74, 6) is -0.0196. The minimum absolute atomic E-state index is 0.00773. The molecule has 0 fully saturated rings. The van der Waals surface area contributed by atoms with Crippen LogP contribution >= 0.6 is 0 Å². The highest BCUT2D eigenvalue weighted by molar-refractivity contribution is 5.76. The summed E-state index contributed by atoms with van der Waals surface area (Å²) < 4.78 is 5.50. The highest BCUT2D eigenvalue weighted by atomic mass is 16.5. The van der Waals surface area contributed by atoms with E-state index in [2.05, 4.69) is 55.6 Å². The van der Waals surface area contributed by atoms with E-state index in [-0.39, 0.29) is 18.5 Å². The first-order valence-electron chi connectivity index (χ1n) is 41.7. The predicted octanol–water partition coefficient (Wildman–Crippen LogP) is 27.8. The van der Waals surface area contributed by atoms with Crippen molar-refractivity contribution < 1.29 is 24.5 Å². The molecule has 6 nitrogen and oxygen atoms in total. The van der Waals surface area contributed by atoms with Gasteiger partial charge in [0.1, 0.15) is 0 Å². The van der Waals surface area contributed by atoms with E-state index >= 15 is 0 Å². The summed E-state index contributed by atoms with van der Waals surface area (Å²) in [6.07, 6.45) is 105. The molecule has 91 heavy (non-hydrogen) atoms. The lowest BCUT2D eigenvalue weighted by molar-refractivity contribution is -0.143. The van der Waals surface area contributed by atoms with Crippen LogP contribution in [0.15, 0.2) is 36.5 Å². The highest BCUT2D eigenvalue weighted by Gasteiger charge is 2.20. The van der Waals surface area contributed by atoms with Crippen LogP contribution in [-0.4, -0.2) is 47.4 Å². The van der Waals surface area contributed by atoms with Gasteiger partial charge in [-0.3, -0.25) is 9.59 Å². The minimum Gasteiger partial charge on any atom is -0.466 e. The van der Waals surface area contributed by atoms with Crippen molar-refractivity contribution in [2.24, 2.45) is 0 Å². The number of rotatable bonds is 79. The van der Waals surface area contributed by atoms with E-state index in [1.54, 1.807) is 0 Å². The Morgan fingerprint density at radius 1 is 0.308 bits per heavy atom. The molecule has 0 aromatic carbocycles. The van der Waals surface area contributed by atoms with Gasteiger partial charge in [-0.25, -0.2) is 0 Å². The number of carbonyl (C=O) groups excluding carboxylic acids is 2. The second kappa shape index (κ2) is 80.5. The Morgan fingerprint density at radius 2 is 0.549 bits per heavy atom. The number of aliphatic hydroxyl groups is 2. The van der Waals surface area contributed by atoms with Gasteiger partial charge in [-0.2, -0.15) is 0 Å². The third kappa shape index (κ3) is 77.0. The molecule has 0 radical (unpaired) electrons. The van der Waals surface area contributed by atoms with Crippen molar-refractivity contribution in [3.8, 4) is 0 Å². The second-order valence-corrected chi connectivity index (χ2v) is 28.8. The van der Waals surface area contributed by atoms with E-state index in [1.165, 1.54) is 385 Å². The lowest BCUT2D eigenvalue weighted by Gasteiger charge is -2.22. The fraction of sp³-hybridized carbons (Fsp3) is 0.906. The van der Waals surface area contributed by atoms with Gasteiger partial charge in [-0.15, -0.1) is 0 Å². The monoisotopic (exact) mass is 1280 g/mol. The Labute approximate surface area is 570 Å². The van der Waals surface area contributed by atoms with E-state index in [4.69, 9.17) is 4.74 Å². The van der Waals surface area contributed by atoms with Crippen LogP contribution in [0, 0.1) is 0 Å². The van der Waals surface area contributed by atoms with Crippen LogP contribution in [0.5, 0.6) is 0 Å². The highest BCUT2D eigenvalue weighted by Crippen LogP contribution is 2.20. The molecule has 0 aliphatic rings. The Kier molecular flexibility index (Phi) is 78.8. The summed E-state index contributed by atoms with van der Waals surface area (Å²) >= 11 is 0. The van der Waals surface area contributed by atoms with E-state index in [1.807, 2.05) is 0 Å². The fourth-order valence-corrected chi connectivity index (χ4v) is 13.3. The maximum Gasteiger partial charge on any atom is 0.305 e. The molecule has 0 bridgehead atoms. The number of allylic oxidation sites excluding steroid dienone is 6. The molecule has 2 unspecified atom stereocenters. The molecular weight excluding hydrogens is 1110 g/mol. The van der Waals surface area contributed by atoms with Crippen molar-refractivity contribution in [3.05, 3.63) is 36.5 Å². The molecule has 0 aromatic heterocycles. The summed E-state index contributed by atoms with van der Waals surface area (Å²) in [5.41, 5.74) is 0. The number of nitrogens with one attached hydrogen (secondary N) is 1. The third-order valence-corrected chi connectivity index (χ3v) is 19.7. The average molecular weight is 1280 g/mol. The first-order chi connectivity index (χ1) is 45.0. The number of aliphatic hydroxyl groups excluding tert-OH is 2. The summed E-state index contributed by atoms with van der Waals surface area (Å²) in [6.45, 7) is 5.00. The molecule has 6 heteroatoms. The molecule has 0 saturated carbocycles. The lowest BCUT2D eigenvalue weighted by Crippen LogP contribution is -2.45. The zero-order valence-corrected chi connectivity index (χ0v) is 61.9. The standard InChI is InChI=1S/C85H163NO5/c1-3-5-7-9-11-13-15-17-19-21-22-23-24-34-37-40-43-46-49-53-57-61-65-69-73-77-83(88)82(81-87)86-84(89)78-74-70-66-62-58-54-50-47-44-41-38-35-32-30-28-26-25-27-29-31-33-36-39-42-45-48-52-56-60-64-68-72-76-80-91-85(90)79-75-71-67-63-59-55-51-20-18-16-14-12-10-8-6-4-2/h20,29,31,36,39,51,82-83,87-88H,3-19,21-28,30,32-35,37-38,40-50,52-81H2,1-2H3,(H,86,89)/b31-29-,39-36-,51-20-. The lowest BCUT2D eigenvalue weighted by atomic mass is 10.0. The third-order valence-electron chi connectivity index (χ3n) is 19.7. The number of unbranched alkanes of at least 4 members (excludes halogenated alkanes) is 62. The van der Waals surface area contributed by atoms with Crippen molar-refractivity contribution >= 4 is 11.9 Å². The van der Waals surface area contributed by atoms with Crippen LogP contribution in [0.4, 0.5) is 0 Å². The largest absolute Gasteiger partial charge is 0.466 e. The number of hydrogen-bond donors (Lipinski definition) is 3. The van der Waals surface area contributed by atoms with Gasteiger partial charge in [0.15, 0.2) is 0 Å². The van der Waals surface area contributed by atoms with Crippen molar-refractivity contribution in [3.63, 3.8) is 0 Å². The Morgan fingerprint density at radius 3 is 0.846 bits per heavy atom. The first-order valence-corrected chi connectivity index (χ1v) is 41.7. The van der Waals surface area contributed by atoms with Gasteiger partial charge in [0.2, 0.25) is 5.91 Å². The van der Waals surface area contributed by atoms with Gasteiger partial charge in [0.05, 0.1) is 25.4 Å². The summed E-state index contributed by atoms with van der Waals surface area (Å²) in [5, 5.41) is 23.5. The van der Waals surface area contributed by atoms with Gasteiger partial charge in [-0.1, -0.05) is 410 Å². The predicted molar refractivity (Wildman–Crippen MR) is 403 cm³/mol. The van der Waals surface area contributed by atoms with Crippen molar-refractivity contribution in [2.75, 3.05) is 13.2 Å². The molecule has 0 rings (SSSR count). The molecule has 0 heterocycles. The normalized spacial score (nSPS) is 12.6. The van der Waals surface area contributed by atoms with E-state index in [0.29, 0.717) is 25.9 Å². The molecule has 3 N–H and O–H groups in total. The van der Waals surface area contributed by atoms with Gasteiger partial charge < -0.3 is 20.3 Å². The van der Waals surface area contributed by atoms with Crippen molar-refractivity contribution in [1.29, 1.82) is 0 Å². The Balaban J connectivity index is 3.38. The molecule has 0 spiro atoms. The maximum absolute atomic E-state index is 12.6. The molecule has 0 saturated heterocycles. The Bertz CT molecular complexity index is 1470. The first kappa shape index (κ1) is 89.1. The minimum atomic E-state index is -0.665. The van der Waals surface area contributed by atoms with E-state index in [0.717, 1.165) is 51.4 Å². The van der Waals surface area contributed by atoms with E-state index in [9.17, 15) is 19.8 Å². The zero-order chi connectivity index (χ0) is 65.6. The zero-order valence-electron chi connectivity index (χ0n) is 61.9. The van der Waals surface area contributed by atoms with Crippen molar-refractivity contribution in [2.45, 2.75) is 482 Å². The maximum atomic E-state index is 12.6. The van der Waals surface area contributed by atoms with Gasteiger partial charge in [0.25, 0.3) is 0 Å². The number of carbonyl (C=O) groups is 2. The van der Waals surface area contributed by atoms with Crippen molar-refractivity contribution in [1.82, 2.24) is 5.32 Å². The number of esters is 1. The number of amides is 1. The second-order valence-electron chi connectivity index (χ2n) is 28.8. The SMILES string of the molecule is CCCCCCCCC/C=C\CCCCCCCC(=O)OCCCCCCCCCCC/C=C\C/C=C\CCCCCCCCCCCCCCCCCCCC(=O)NC(CO)C(O)CCCCCCCCCCCCCCCCCCCCCCCCCCC. The topological polar surface area (TPSA) is 95.9 Å². The van der Waals surface area contributed by atoms with Crippen LogP contribution in [-0.2, 0) is 14.3 Å². The van der Waals surface area contributed by atoms with Crippen LogP contribution in [0.3, 0.4) is 0 Å².